The van der Waals surface area contributed by atoms with E-state index in [9.17, 15) is 13.9 Å². The van der Waals surface area contributed by atoms with E-state index in [2.05, 4.69) is 43.4 Å². The van der Waals surface area contributed by atoms with Crippen LogP contribution in [0.4, 0.5) is 25.1 Å². The van der Waals surface area contributed by atoms with Gasteiger partial charge in [0.15, 0.2) is 12.4 Å². The van der Waals surface area contributed by atoms with Gasteiger partial charge in [0.1, 0.15) is 5.52 Å². The Labute approximate surface area is 250 Å². The second-order valence-electron chi connectivity index (χ2n) is 11.5. The summed E-state index contributed by atoms with van der Waals surface area (Å²) < 4.78 is 52.5. The fourth-order valence-electron chi connectivity index (χ4n) is 5.73. The second kappa shape index (κ2) is 11.5. The minimum absolute atomic E-state index is 0.0894. The van der Waals surface area contributed by atoms with Gasteiger partial charge in [-0.3, -0.25) is 4.68 Å². The van der Waals surface area contributed by atoms with Gasteiger partial charge in [-0.1, -0.05) is 11.6 Å². The number of aliphatic hydroxyl groups is 1. The second-order valence-corrected chi connectivity index (χ2v) is 11.9. The van der Waals surface area contributed by atoms with Gasteiger partial charge in [-0.15, -0.1) is 5.10 Å². The summed E-state index contributed by atoms with van der Waals surface area (Å²) in [5.74, 6) is 0.619. The average Bonchev–Trinajstić information content (AvgIpc) is 3.50. The molecule has 1 unspecified atom stereocenters. The molecule has 2 fully saturated rings. The predicted octanol–water partition coefficient (Wildman–Crippen LogP) is 4.64. The minimum Gasteiger partial charge on any atom is -0.471 e. The highest BCUT2D eigenvalue weighted by molar-refractivity contribution is 6.33. The van der Waals surface area contributed by atoms with Crippen molar-refractivity contribution in [2.45, 2.75) is 51.8 Å². The van der Waals surface area contributed by atoms with E-state index in [1.165, 1.54) is 18.3 Å². The van der Waals surface area contributed by atoms with Gasteiger partial charge in [0.2, 0.25) is 17.8 Å². The van der Waals surface area contributed by atoms with Crippen LogP contribution in [0.3, 0.4) is 0 Å². The zero-order chi connectivity index (χ0) is 30.5. The van der Waals surface area contributed by atoms with E-state index >= 15 is 4.39 Å². The van der Waals surface area contributed by atoms with Crippen LogP contribution in [0.25, 0.3) is 22.3 Å². The lowest BCUT2D eigenvalue weighted by atomic mass is 9.78. The first kappa shape index (κ1) is 29.5. The normalized spacial score (nSPS) is 18.8. The van der Waals surface area contributed by atoms with E-state index in [0.717, 1.165) is 38.7 Å². The third kappa shape index (κ3) is 5.70. The summed E-state index contributed by atoms with van der Waals surface area (Å²) in [5.41, 5.74) is 8.59. The van der Waals surface area contributed by atoms with Gasteiger partial charge in [0.25, 0.3) is 6.43 Å². The van der Waals surface area contributed by atoms with Crippen molar-refractivity contribution in [2.75, 3.05) is 43.5 Å². The quantitative estimate of drug-likeness (QED) is 0.317. The number of hydrogen-bond acceptors (Lipinski definition) is 9. The van der Waals surface area contributed by atoms with Gasteiger partial charge >= 0.3 is 0 Å². The van der Waals surface area contributed by atoms with E-state index in [1.807, 2.05) is 6.07 Å². The van der Waals surface area contributed by atoms with Crippen molar-refractivity contribution >= 4 is 34.5 Å². The van der Waals surface area contributed by atoms with Gasteiger partial charge in [-0.2, -0.15) is 0 Å². The molecule has 3 aliphatic heterocycles. The fourth-order valence-corrected chi connectivity index (χ4v) is 5.93. The number of nitrogen functional groups attached to an aromatic ring is 1. The van der Waals surface area contributed by atoms with Crippen molar-refractivity contribution in [3.63, 3.8) is 0 Å². The lowest BCUT2D eigenvalue weighted by molar-refractivity contribution is -0.127. The monoisotopic (exact) mass is 620 g/mol. The molecule has 0 radical (unpaired) electrons. The number of benzene rings is 1. The number of nitrogens with two attached hydrogens (primary N) is 1. The molecule has 0 aliphatic carbocycles. The first-order valence-electron chi connectivity index (χ1n) is 14.0. The lowest BCUT2D eigenvalue weighted by Gasteiger charge is -2.55. The van der Waals surface area contributed by atoms with E-state index in [0.29, 0.717) is 46.0 Å². The minimum atomic E-state index is -2.51. The van der Waals surface area contributed by atoms with Crippen molar-refractivity contribution < 1.29 is 27.8 Å². The number of imidazole rings is 1. The Kier molecular flexibility index (Phi) is 7.86. The highest BCUT2D eigenvalue weighted by Crippen LogP contribution is 2.42. The molecule has 15 heteroatoms. The van der Waals surface area contributed by atoms with Crippen LogP contribution in [0.1, 0.15) is 44.5 Å². The molecule has 43 heavy (non-hydrogen) atoms. The van der Waals surface area contributed by atoms with Crippen LogP contribution in [0.5, 0.6) is 5.88 Å². The summed E-state index contributed by atoms with van der Waals surface area (Å²) in [6.07, 6.45) is -0.125. The molecular formula is C28H32ClF3N8O3. The van der Waals surface area contributed by atoms with Crippen LogP contribution < -0.4 is 15.4 Å². The molecule has 11 nitrogen and oxygen atoms in total. The third-order valence-electron chi connectivity index (χ3n) is 7.77. The number of hydrogen-bond donors (Lipinski definition) is 2. The van der Waals surface area contributed by atoms with Crippen LogP contribution in [0.2, 0.25) is 5.02 Å². The number of nitrogens with zero attached hydrogens (tertiary/aromatic N) is 7. The van der Waals surface area contributed by atoms with Crippen LogP contribution in [0.15, 0.2) is 24.4 Å². The number of rotatable bonds is 6. The number of aryl methyl sites for hydroxylation is 1. The van der Waals surface area contributed by atoms with E-state index in [1.54, 1.807) is 4.68 Å². The molecule has 3 aromatic heterocycles. The van der Waals surface area contributed by atoms with Crippen molar-refractivity contribution in [3.8, 4) is 17.1 Å². The molecule has 1 atom stereocenters. The summed E-state index contributed by atoms with van der Waals surface area (Å²) in [5, 5.41) is 13.9. The molecule has 0 amide bonds. The molecule has 230 valence electrons. The Morgan fingerprint density at radius 3 is 2.63 bits per heavy atom. The molecule has 3 N–H and O–H groups in total. The maximum atomic E-state index is 15.0. The van der Waals surface area contributed by atoms with Crippen molar-refractivity contribution in [1.82, 2.24) is 29.3 Å². The summed E-state index contributed by atoms with van der Waals surface area (Å²) in [6, 6.07) is 4.89. The van der Waals surface area contributed by atoms with Crippen LogP contribution >= 0.6 is 11.6 Å². The molecule has 0 saturated carbocycles. The molecule has 3 aliphatic rings. The van der Waals surface area contributed by atoms with E-state index in [-0.39, 0.29) is 23.3 Å². The Hall–Kier alpha value is -3.62. The first-order valence-corrected chi connectivity index (χ1v) is 14.4. The number of aromatic nitrogens is 6. The standard InChI is InChI=1S/C19H20ClFN6O.C9H12F2N2O2/c1-10(2)27-14-4-11(15-12(20)5-23-17(22)24-15)3-13(21)16(14)25-18(27)26-6-19(7-26)8-28-9-19;10-8(11)5-15-9-4-6-7(14)2-1-3-13(6)12-9/h3-5,10H,6-9H2,1-2H3,(H2,22,23,24);4,7-8,14H,1-3,5H2. The van der Waals surface area contributed by atoms with Gasteiger partial charge in [0.05, 0.1) is 52.9 Å². The van der Waals surface area contributed by atoms with Crippen molar-refractivity contribution in [3.05, 3.63) is 40.9 Å². The Morgan fingerprint density at radius 2 is 1.98 bits per heavy atom. The summed E-state index contributed by atoms with van der Waals surface area (Å²) in [4.78, 5) is 14.9. The zero-order valence-corrected chi connectivity index (χ0v) is 24.4. The number of fused-ring (bicyclic) bond motifs is 2. The molecule has 7 rings (SSSR count). The van der Waals surface area contributed by atoms with Gasteiger partial charge in [0, 0.05) is 37.3 Å². The zero-order valence-electron chi connectivity index (χ0n) is 23.7. The number of alkyl halides is 2. The lowest BCUT2D eigenvalue weighted by Crippen LogP contribution is -2.66. The van der Waals surface area contributed by atoms with Gasteiger partial charge in [-0.25, -0.2) is 28.1 Å². The highest BCUT2D eigenvalue weighted by Gasteiger charge is 2.50. The molecule has 0 bridgehead atoms. The average molecular weight is 621 g/mol. The number of aliphatic hydroxyl groups excluding tert-OH is 1. The third-order valence-corrected chi connectivity index (χ3v) is 8.05. The van der Waals surface area contributed by atoms with Gasteiger partial charge in [-0.05, 0) is 38.8 Å². The Morgan fingerprint density at radius 1 is 1.21 bits per heavy atom. The summed E-state index contributed by atoms with van der Waals surface area (Å²) in [6.45, 7) is 7.50. The smallest absolute Gasteiger partial charge is 0.272 e. The summed E-state index contributed by atoms with van der Waals surface area (Å²) in [7, 11) is 0. The number of anilines is 2. The Balaban J connectivity index is 0.000000185. The first-order chi connectivity index (χ1) is 20.5. The SMILES string of the molecule is CC(C)n1c(N2CC3(COC3)C2)nc2c(F)cc(-c3nc(N)ncc3Cl)cc21.OC1CCCn2nc(OCC(F)F)cc21. The van der Waals surface area contributed by atoms with Crippen molar-refractivity contribution in [1.29, 1.82) is 0 Å². The maximum Gasteiger partial charge on any atom is 0.272 e. The van der Waals surface area contributed by atoms with Crippen LogP contribution in [-0.2, 0) is 11.3 Å². The van der Waals surface area contributed by atoms with Crippen molar-refractivity contribution in [2.24, 2.45) is 5.41 Å². The Bertz CT molecular complexity index is 1630. The molecular weight excluding hydrogens is 589 g/mol. The molecule has 1 spiro atoms. The molecule has 2 saturated heterocycles. The van der Waals surface area contributed by atoms with Crippen LogP contribution in [0, 0.1) is 11.2 Å². The maximum absolute atomic E-state index is 15.0. The molecule has 1 aromatic carbocycles. The number of halogens is 4. The molecule has 6 heterocycles. The largest absolute Gasteiger partial charge is 0.471 e. The molecule has 4 aromatic rings. The topological polar surface area (TPSA) is 129 Å². The highest BCUT2D eigenvalue weighted by atomic mass is 35.5. The van der Waals surface area contributed by atoms with E-state index < -0.39 is 25.0 Å². The van der Waals surface area contributed by atoms with E-state index in [4.69, 9.17) is 26.8 Å². The van der Waals surface area contributed by atoms with Crippen LogP contribution in [-0.4, -0.2) is 73.7 Å². The van der Waals surface area contributed by atoms with Gasteiger partial charge < -0.3 is 29.8 Å². The predicted molar refractivity (Wildman–Crippen MR) is 154 cm³/mol. The summed E-state index contributed by atoms with van der Waals surface area (Å²) >= 11 is 6.23. The number of ether oxygens (including phenoxy) is 2. The fraction of sp³-hybridized carbons (Fsp3) is 0.500.